The molecule has 0 heterocycles. The largest absolute Gasteiger partial charge is 0.487 e. The van der Waals surface area contributed by atoms with Crippen LogP contribution >= 0.6 is 0 Å². The highest BCUT2D eigenvalue weighted by Crippen LogP contribution is 2.29. The van der Waals surface area contributed by atoms with Gasteiger partial charge < -0.3 is 19.9 Å². The van der Waals surface area contributed by atoms with Crippen LogP contribution in [0.3, 0.4) is 0 Å². The average molecular weight is 581 g/mol. The van der Waals surface area contributed by atoms with Gasteiger partial charge in [0.15, 0.2) is 0 Å². The molecule has 1 unspecified atom stereocenters. The molecule has 0 fully saturated rings. The van der Waals surface area contributed by atoms with Crippen molar-refractivity contribution in [3.63, 3.8) is 0 Å². The van der Waals surface area contributed by atoms with E-state index in [9.17, 15) is 5.11 Å². The number of hydrogen-bond acceptors (Lipinski definition) is 5. The fourth-order valence-electron chi connectivity index (χ4n) is 5.26. The summed E-state index contributed by atoms with van der Waals surface area (Å²) in [5, 5.41) is 14.5. The quantitative estimate of drug-likeness (QED) is 0.104. The second-order valence-electron chi connectivity index (χ2n) is 11.1. The van der Waals surface area contributed by atoms with Crippen molar-refractivity contribution in [2.24, 2.45) is 0 Å². The second kappa shape index (κ2) is 18.8. The monoisotopic (exact) mass is 580 g/mol. The van der Waals surface area contributed by atoms with Gasteiger partial charge in [-0.15, -0.1) is 0 Å². The zero-order valence-electron chi connectivity index (χ0n) is 25.7. The molecule has 4 rings (SSSR count). The van der Waals surface area contributed by atoms with E-state index >= 15 is 0 Å². The number of aryl methyl sites for hydroxylation is 1. The second-order valence-corrected chi connectivity index (χ2v) is 11.1. The van der Waals surface area contributed by atoms with E-state index in [4.69, 9.17) is 9.47 Å². The van der Waals surface area contributed by atoms with Crippen molar-refractivity contribution in [2.75, 3.05) is 38.7 Å². The van der Waals surface area contributed by atoms with E-state index in [1.807, 2.05) is 49.5 Å². The number of nitrogens with one attached hydrogen (secondary N) is 1. The van der Waals surface area contributed by atoms with E-state index in [2.05, 4.69) is 76.9 Å². The molecule has 0 spiro atoms. The Labute approximate surface area is 258 Å². The van der Waals surface area contributed by atoms with Crippen molar-refractivity contribution < 1.29 is 14.6 Å². The van der Waals surface area contributed by atoms with Gasteiger partial charge in [0.25, 0.3) is 0 Å². The molecule has 43 heavy (non-hydrogen) atoms. The molecule has 5 nitrogen and oxygen atoms in total. The molecule has 0 aromatic heterocycles. The Morgan fingerprint density at radius 1 is 0.698 bits per heavy atom. The van der Waals surface area contributed by atoms with Crippen LogP contribution in [0.1, 0.15) is 60.5 Å². The topological polar surface area (TPSA) is 54.0 Å². The van der Waals surface area contributed by atoms with E-state index < -0.39 is 6.10 Å². The summed E-state index contributed by atoms with van der Waals surface area (Å²) >= 11 is 0. The Morgan fingerprint density at radius 3 is 2.02 bits per heavy atom. The van der Waals surface area contributed by atoms with Crippen LogP contribution in [-0.2, 0) is 24.3 Å². The van der Waals surface area contributed by atoms with Gasteiger partial charge in [0.05, 0.1) is 11.8 Å². The maximum absolute atomic E-state index is 11.3. The zero-order chi connectivity index (χ0) is 30.0. The number of anilines is 1. The maximum atomic E-state index is 11.3. The first-order chi connectivity index (χ1) is 21.2. The van der Waals surface area contributed by atoms with Crippen molar-refractivity contribution in [3.8, 4) is 5.75 Å². The van der Waals surface area contributed by atoms with Gasteiger partial charge in [-0.25, -0.2) is 0 Å². The zero-order valence-corrected chi connectivity index (χ0v) is 25.7. The minimum atomic E-state index is -0.594. The standard InChI is InChI=1S/C38H48N2O3/c1-39-36-28-35(23-24-38(36)43-31-34-20-11-6-12-21-34)37(41)30-40(29-33-18-9-5-10-19-33)25-13-2-3-14-26-42-27-15-22-32-16-7-4-8-17-32/h4-12,16-21,23-24,28,37,39,41H,2-3,13-15,22,25-27,29-31H2,1H3. The van der Waals surface area contributed by atoms with E-state index in [1.165, 1.54) is 11.1 Å². The first-order valence-electron chi connectivity index (χ1n) is 15.8. The molecule has 2 N–H and O–H groups in total. The Bertz CT molecular complexity index is 1280. The Hall–Kier alpha value is -3.64. The minimum absolute atomic E-state index is 0.503. The number of ether oxygens (including phenoxy) is 2. The van der Waals surface area contributed by atoms with E-state index in [1.54, 1.807) is 0 Å². The van der Waals surface area contributed by atoms with Crippen molar-refractivity contribution >= 4 is 5.69 Å². The number of aliphatic hydroxyl groups is 1. The van der Waals surface area contributed by atoms with Crippen LogP contribution in [0, 0.1) is 0 Å². The van der Waals surface area contributed by atoms with Crippen LogP contribution in [0.15, 0.2) is 109 Å². The number of hydrogen-bond donors (Lipinski definition) is 2. The molecule has 4 aromatic rings. The van der Waals surface area contributed by atoms with Crippen LogP contribution in [-0.4, -0.2) is 43.4 Å². The van der Waals surface area contributed by atoms with E-state index in [0.29, 0.717) is 13.2 Å². The third kappa shape index (κ3) is 11.9. The summed E-state index contributed by atoms with van der Waals surface area (Å²) in [6.45, 7) is 4.50. The highest BCUT2D eigenvalue weighted by Gasteiger charge is 2.16. The molecule has 0 aliphatic rings. The molecule has 0 saturated heterocycles. The minimum Gasteiger partial charge on any atom is -0.487 e. The summed E-state index contributed by atoms with van der Waals surface area (Å²) < 4.78 is 11.9. The molecule has 0 aliphatic heterocycles. The molecule has 5 heteroatoms. The lowest BCUT2D eigenvalue weighted by atomic mass is 10.1. The molecule has 4 aromatic carbocycles. The lowest BCUT2D eigenvalue weighted by molar-refractivity contribution is 0.107. The van der Waals surface area contributed by atoms with E-state index in [0.717, 1.165) is 87.4 Å². The van der Waals surface area contributed by atoms with Gasteiger partial charge in [0, 0.05) is 33.4 Å². The van der Waals surface area contributed by atoms with E-state index in [-0.39, 0.29) is 0 Å². The molecule has 0 aliphatic carbocycles. The number of nitrogens with zero attached hydrogens (tertiary/aromatic N) is 1. The van der Waals surface area contributed by atoms with Gasteiger partial charge in [-0.2, -0.15) is 0 Å². The molecule has 0 saturated carbocycles. The first kappa shape index (κ1) is 32.3. The molecular formula is C38H48N2O3. The summed E-state index contributed by atoms with van der Waals surface area (Å²) in [5.41, 5.74) is 5.53. The average Bonchev–Trinajstić information content (AvgIpc) is 3.06. The van der Waals surface area contributed by atoms with Gasteiger partial charge in [-0.1, -0.05) is 110 Å². The van der Waals surface area contributed by atoms with Crippen LogP contribution < -0.4 is 10.1 Å². The Balaban J connectivity index is 1.21. The van der Waals surface area contributed by atoms with Gasteiger partial charge >= 0.3 is 0 Å². The van der Waals surface area contributed by atoms with Crippen molar-refractivity contribution in [1.82, 2.24) is 4.90 Å². The SMILES string of the molecule is CNc1cc(C(O)CN(CCCCCCOCCCc2ccccc2)Cc2ccccc2)ccc1OCc1ccccc1. The summed E-state index contributed by atoms with van der Waals surface area (Å²) in [6.07, 6.45) is 6.07. The molecule has 0 radical (unpaired) electrons. The third-order valence-electron chi connectivity index (χ3n) is 7.69. The molecule has 0 amide bonds. The van der Waals surface area contributed by atoms with Crippen LogP contribution in [0.4, 0.5) is 5.69 Å². The number of unbranched alkanes of at least 4 members (excludes halogenated alkanes) is 3. The van der Waals surface area contributed by atoms with Crippen LogP contribution in [0.2, 0.25) is 0 Å². The van der Waals surface area contributed by atoms with Crippen molar-refractivity contribution in [2.45, 2.75) is 57.8 Å². The Kier molecular flexibility index (Phi) is 14.1. The highest BCUT2D eigenvalue weighted by molar-refractivity contribution is 5.58. The number of rotatable bonds is 20. The lowest BCUT2D eigenvalue weighted by Crippen LogP contribution is -2.29. The third-order valence-corrected chi connectivity index (χ3v) is 7.69. The predicted octanol–water partition coefficient (Wildman–Crippen LogP) is 8.05. The lowest BCUT2D eigenvalue weighted by Gasteiger charge is -2.26. The maximum Gasteiger partial charge on any atom is 0.142 e. The first-order valence-corrected chi connectivity index (χ1v) is 15.8. The van der Waals surface area contributed by atoms with Crippen molar-refractivity contribution in [1.29, 1.82) is 0 Å². The summed E-state index contributed by atoms with van der Waals surface area (Å²) in [7, 11) is 1.89. The molecular weight excluding hydrogens is 532 g/mol. The number of benzene rings is 4. The van der Waals surface area contributed by atoms with Gasteiger partial charge in [-0.3, -0.25) is 4.90 Å². The summed E-state index contributed by atoms with van der Waals surface area (Å²) in [4.78, 5) is 2.37. The molecule has 228 valence electrons. The summed E-state index contributed by atoms with van der Waals surface area (Å²) in [5.74, 6) is 0.781. The van der Waals surface area contributed by atoms with Gasteiger partial charge in [0.2, 0.25) is 0 Å². The van der Waals surface area contributed by atoms with Crippen LogP contribution in [0.25, 0.3) is 0 Å². The molecule has 0 bridgehead atoms. The van der Waals surface area contributed by atoms with Gasteiger partial charge in [0.1, 0.15) is 12.4 Å². The summed E-state index contributed by atoms with van der Waals surface area (Å²) in [6, 6.07) is 37.2. The smallest absolute Gasteiger partial charge is 0.142 e. The van der Waals surface area contributed by atoms with Crippen LogP contribution in [0.5, 0.6) is 5.75 Å². The van der Waals surface area contributed by atoms with Crippen molar-refractivity contribution in [3.05, 3.63) is 131 Å². The predicted molar refractivity (Wildman–Crippen MR) is 177 cm³/mol. The van der Waals surface area contributed by atoms with Gasteiger partial charge in [-0.05, 0) is 66.6 Å². The highest BCUT2D eigenvalue weighted by atomic mass is 16.5. The Morgan fingerprint density at radius 2 is 1.33 bits per heavy atom. The molecule has 1 atom stereocenters. The fourth-order valence-corrected chi connectivity index (χ4v) is 5.26. The fraction of sp³-hybridized carbons (Fsp3) is 0.368. The normalized spacial score (nSPS) is 11.9. The number of aliphatic hydroxyl groups excluding tert-OH is 1.